The molecule has 0 spiro atoms. The molecule has 11 rings (SSSR count). The minimum absolute atomic E-state index is 1.24. The molecule has 0 saturated heterocycles. The highest BCUT2D eigenvalue weighted by molar-refractivity contribution is 7.28. The maximum Gasteiger partial charge on any atom is 0.0362 e. The van der Waals surface area contributed by atoms with Crippen LogP contribution in [0.3, 0.4) is 0 Å². The first-order valence-electron chi connectivity index (χ1n) is 17.1. The molecule has 0 unspecified atom stereocenters. The summed E-state index contributed by atoms with van der Waals surface area (Å²) in [6, 6.07) is 63.0. The second-order valence-corrected chi connectivity index (χ2v) is 15.3. The predicted molar refractivity (Wildman–Crippen MR) is 221 cm³/mol. The molecule has 11 aromatic rings. The van der Waals surface area contributed by atoms with Crippen LogP contribution in [-0.2, 0) is 0 Å². The van der Waals surface area contributed by atoms with Gasteiger partial charge in [-0.05, 0) is 90.0 Å². The van der Waals surface area contributed by atoms with Gasteiger partial charge in [-0.25, -0.2) is 0 Å². The van der Waals surface area contributed by atoms with Crippen LogP contribution in [0.4, 0.5) is 0 Å². The van der Waals surface area contributed by atoms with Crippen LogP contribution in [0.2, 0.25) is 0 Å². The largest absolute Gasteiger partial charge is 0.135 e. The van der Waals surface area contributed by atoms with Crippen molar-refractivity contribution < 1.29 is 0 Å². The van der Waals surface area contributed by atoms with Crippen LogP contribution in [0.15, 0.2) is 170 Å². The number of thiophene rings is 2. The zero-order chi connectivity index (χ0) is 32.8. The molecule has 50 heavy (non-hydrogen) atoms. The summed E-state index contributed by atoms with van der Waals surface area (Å²) in [5.74, 6) is 0. The second-order valence-electron chi connectivity index (χ2n) is 13.2. The van der Waals surface area contributed by atoms with E-state index in [0.29, 0.717) is 0 Å². The summed E-state index contributed by atoms with van der Waals surface area (Å²) >= 11 is 3.81. The third kappa shape index (κ3) is 4.10. The highest BCUT2D eigenvalue weighted by atomic mass is 32.1. The lowest BCUT2D eigenvalue weighted by Gasteiger charge is -2.18. The number of benzene rings is 9. The van der Waals surface area contributed by atoms with Crippen molar-refractivity contribution in [1.82, 2.24) is 0 Å². The molecule has 0 atom stereocenters. The highest BCUT2D eigenvalue weighted by Crippen LogP contribution is 2.48. The van der Waals surface area contributed by atoms with Gasteiger partial charge < -0.3 is 0 Å². The van der Waals surface area contributed by atoms with Crippen LogP contribution in [0.1, 0.15) is 0 Å². The van der Waals surface area contributed by atoms with Crippen LogP contribution in [-0.4, -0.2) is 0 Å². The van der Waals surface area contributed by atoms with Gasteiger partial charge in [0, 0.05) is 40.3 Å². The van der Waals surface area contributed by atoms with E-state index in [1.807, 2.05) is 22.7 Å². The average molecular weight is 669 g/mol. The van der Waals surface area contributed by atoms with Gasteiger partial charge in [0.15, 0.2) is 0 Å². The van der Waals surface area contributed by atoms with Gasteiger partial charge in [-0.2, -0.15) is 0 Å². The summed E-state index contributed by atoms with van der Waals surface area (Å²) in [7, 11) is 0. The lowest BCUT2D eigenvalue weighted by atomic mass is 9.85. The average Bonchev–Trinajstić information content (AvgIpc) is 3.74. The van der Waals surface area contributed by atoms with Gasteiger partial charge in [0.1, 0.15) is 0 Å². The Morgan fingerprint density at radius 2 is 0.760 bits per heavy atom. The van der Waals surface area contributed by atoms with Crippen LogP contribution >= 0.6 is 22.7 Å². The molecule has 0 bridgehead atoms. The van der Waals surface area contributed by atoms with Crippen LogP contribution in [0, 0.1) is 0 Å². The quantitative estimate of drug-likeness (QED) is 0.164. The standard InChI is InChI=1S/C48H28S2/c1-2-12-33-29(10-1)11-9-18-34(33)30-20-22-31(23-21-30)45-35-13-3-5-15-37(35)46(38-16-6-4-14-36(38)45)32-24-25-40-44(28-32)50-43-27-26-42-47(48(40)43)39-17-7-8-19-41(39)49-42/h1-28H. The summed E-state index contributed by atoms with van der Waals surface area (Å²) in [5, 5.41) is 13.2. The molecule has 0 saturated carbocycles. The molecule has 0 N–H and O–H groups in total. The molecule has 2 heteroatoms. The predicted octanol–water partition coefficient (Wildman–Crippen LogP) is 14.9. The molecule has 0 aliphatic carbocycles. The maximum atomic E-state index is 2.44. The van der Waals surface area contributed by atoms with E-state index in [-0.39, 0.29) is 0 Å². The van der Waals surface area contributed by atoms with Gasteiger partial charge >= 0.3 is 0 Å². The summed E-state index contributed by atoms with van der Waals surface area (Å²) in [4.78, 5) is 0. The second kappa shape index (κ2) is 10.9. The number of fused-ring (bicyclic) bond motifs is 10. The van der Waals surface area contributed by atoms with Gasteiger partial charge in [-0.15, -0.1) is 22.7 Å². The summed E-state index contributed by atoms with van der Waals surface area (Å²) < 4.78 is 5.40. The summed E-state index contributed by atoms with van der Waals surface area (Å²) in [6.45, 7) is 0. The van der Waals surface area contributed by atoms with Crippen molar-refractivity contribution in [2.45, 2.75) is 0 Å². The highest BCUT2D eigenvalue weighted by Gasteiger charge is 2.19. The van der Waals surface area contributed by atoms with E-state index >= 15 is 0 Å². The summed E-state index contributed by atoms with van der Waals surface area (Å²) in [5.41, 5.74) is 7.60. The molecular formula is C48H28S2. The zero-order valence-electron chi connectivity index (χ0n) is 27.0. The summed E-state index contributed by atoms with van der Waals surface area (Å²) in [6.07, 6.45) is 0. The van der Waals surface area contributed by atoms with E-state index in [2.05, 4.69) is 170 Å². The fourth-order valence-corrected chi connectivity index (χ4v) is 10.5. The number of rotatable bonds is 3. The molecule has 0 amide bonds. The Morgan fingerprint density at radius 3 is 1.44 bits per heavy atom. The van der Waals surface area contributed by atoms with Crippen LogP contribution in [0.5, 0.6) is 0 Å². The van der Waals surface area contributed by atoms with Crippen molar-refractivity contribution in [3.63, 3.8) is 0 Å². The van der Waals surface area contributed by atoms with E-state index < -0.39 is 0 Å². The van der Waals surface area contributed by atoms with Crippen molar-refractivity contribution >= 4 is 95.3 Å². The molecule has 2 heterocycles. The Labute approximate surface area is 297 Å². The third-order valence-corrected chi connectivity index (χ3v) is 12.7. The SMILES string of the molecule is c1ccc2c(-c3ccc(-c4c5ccccc5c(-c5ccc6c(c5)sc5ccc7sc8ccccc8c7c56)c5ccccc45)cc3)cccc2c1. The normalized spacial score (nSPS) is 12.0. The molecule has 0 aliphatic heterocycles. The van der Waals surface area contributed by atoms with Gasteiger partial charge in [0.25, 0.3) is 0 Å². The van der Waals surface area contributed by atoms with Crippen molar-refractivity contribution in [3.05, 3.63) is 170 Å². The Morgan fingerprint density at radius 1 is 0.280 bits per heavy atom. The molecular weight excluding hydrogens is 641 g/mol. The minimum Gasteiger partial charge on any atom is -0.135 e. The van der Waals surface area contributed by atoms with E-state index in [9.17, 15) is 0 Å². The Balaban J connectivity index is 1.12. The van der Waals surface area contributed by atoms with Crippen molar-refractivity contribution in [3.8, 4) is 33.4 Å². The van der Waals surface area contributed by atoms with Gasteiger partial charge in [0.2, 0.25) is 0 Å². The lowest BCUT2D eigenvalue weighted by Crippen LogP contribution is -1.91. The number of hydrogen-bond acceptors (Lipinski definition) is 2. The Bertz CT molecular complexity index is 3080. The molecule has 0 fully saturated rings. The van der Waals surface area contributed by atoms with Gasteiger partial charge in [0.05, 0.1) is 0 Å². The number of hydrogen-bond donors (Lipinski definition) is 0. The molecule has 0 nitrogen and oxygen atoms in total. The molecule has 2 aromatic heterocycles. The first-order valence-corrected chi connectivity index (χ1v) is 18.7. The third-order valence-electron chi connectivity index (χ3n) is 10.5. The van der Waals surface area contributed by atoms with E-state index in [1.165, 1.54) is 106 Å². The van der Waals surface area contributed by atoms with Gasteiger partial charge in [-0.1, -0.05) is 146 Å². The molecule has 0 radical (unpaired) electrons. The molecule has 232 valence electrons. The van der Waals surface area contributed by atoms with Crippen LogP contribution < -0.4 is 0 Å². The maximum absolute atomic E-state index is 2.44. The van der Waals surface area contributed by atoms with Gasteiger partial charge in [-0.3, -0.25) is 0 Å². The fourth-order valence-electron chi connectivity index (χ4n) is 8.28. The van der Waals surface area contributed by atoms with E-state index in [4.69, 9.17) is 0 Å². The fraction of sp³-hybridized carbons (Fsp3) is 0. The van der Waals surface area contributed by atoms with Crippen molar-refractivity contribution in [1.29, 1.82) is 0 Å². The van der Waals surface area contributed by atoms with Crippen molar-refractivity contribution in [2.24, 2.45) is 0 Å². The topological polar surface area (TPSA) is 0 Å². The first-order chi connectivity index (χ1) is 24.8. The minimum atomic E-state index is 1.24. The lowest BCUT2D eigenvalue weighted by molar-refractivity contribution is 1.63. The van der Waals surface area contributed by atoms with E-state index in [1.54, 1.807) is 0 Å². The van der Waals surface area contributed by atoms with Crippen LogP contribution in [0.25, 0.3) is 106 Å². The Kier molecular flexibility index (Phi) is 6.09. The molecule has 9 aromatic carbocycles. The van der Waals surface area contributed by atoms with Crippen molar-refractivity contribution in [2.75, 3.05) is 0 Å². The molecule has 0 aliphatic rings. The monoisotopic (exact) mass is 668 g/mol. The first kappa shape index (κ1) is 28.1. The smallest absolute Gasteiger partial charge is 0.0362 e. The van der Waals surface area contributed by atoms with E-state index in [0.717, 1.165) is 0 Å². The zero-order valence-corrected chi connectivity index (χ0v) is 28.6. The Hall–Kier alpha value is -5.80.